The highest BCUT2D eigenvalue weighted by Crippen LogP contribution is 2.50. The van der Waals surface area contributed by atoms with Gasteiger partial charge in [-0.15, -0.1) is 0 Å². The number of hydrogen-bond donors (Lipinski definition) is 2. The quantitative estimate of drug-likeness (QED) is 0.725. The molecule has 2 heterocycles. The second-order valence-electron chi connectivity index (χ2n) is 12.0. The van der Waals surface area contributed by atoms with Gasteiger partial charge in [-0.2, -0.15) is 0 Å². The van der Waals surface area contributed by atoms with Crippen LogP contribution in [0.4, 0.5) is 11.4 Å². The van der Waals surface area contributed by atoms with Crippen molar-refractivity contribution in [3.8, 4) is 0 Å². The summed E-state index contributed by atoms with van der Waals surface area (Å²) < 4.78 is 0. The Morgan fingerprint density at radius 2 is 1.03 bits per heavy atom. The summed E-state index contributed by atoms with van der Waals surface area (Å²) in [7, 11) is 0. The number of aliphatic hydroxyl groups excluding tert-OH is 2. The van der Waals surface area contributed by atoms with Crippen LogP contribution in [-0.2, 0) is 12.8 Å². The van der Waals surface area contributed by atoms with Gasteiger partial charge in [0.1, 0.15) is 0 Å². The third-order valence-corrected chi connectivity index (χ3v) is 7.86. The summed E-state index contributed by atoms with van der Waals surface area (Å²) in [6.45, 7) is 15.5. The molecule has 0 aromatic heterocycles. The van der Waals surface area contributed by atoms with Crippen LogP contribution in [0.15, 0.2) is 36.4 Å². The van der Waals surface area contributed by atoms with E-state index in [1.807, 2.05) is 0 Å². The molecule has 5 rings (SSSR count). The zero-order chi connectivity index (χ0) is 23.0. The molecule has 0 atom stereocenters. The molecule has 2 aliphatic heterocycles. The third kappa shape index (κ3) is 3.34. The molecule has 1 aliphatic carbocycles. The SMILES string of the molecule is CC(C)(C)N1CCc2cc(C3C(O)C(c4ccc5c(c4)CCN5C(C)(C)C)C3O)ccc21. The number of aliphatic hydroxyl groups is 2. The summed E-state index contributed by atoms with van der Waals surface area (Å²) in [5.41, 5.74) is 7.59. The maximum atomic E-state index is 11.1. The Kier molecular flexibility index (Phi) is 4.92. The highest BCUT2D eigenvalue weighted by atomic mass is 16.3. The van der Waals surface area contributed by atoms with E-state index in [2.05, 4.69) is 87.7 Å². The highest BCUT2D eigenvalue weighted by Gasteiger charge is 2.50. The van der Waals surface area contributed by atoms with E-state index in [1.54, 1.807) is 0 Å². The molecule has 32 heavy (non-hydrogen) atoms. The van der Waals surface area contributed by atoms with Crippen LogP contribution in [-0.4, -0.2) is 46.6 Å². The molecule has 1 saturated carbocycles. The lowest BCUT2D eigenvalue weighted by molar-refractivity contribution is -0.0785. The minimum atomic E-state index is -0.554. The molecule has 0 amide bonds. The van der Waals surface area contributed by atoms with Crippen molar-refractivity contribution in [2.24, 2.45) is 0 Å². The largest absolute Gasteiger partial charge is 0.392 e. The first-order valence-electron chi connectivity index (χ1n) is 12.1. The van der Waals surface area contributed by atoms with Crippen LogP contribution >= 0.6 is 0 Å². The lowest BCUT2D eigenvalue weighted by Crippen LogP contribution is -2.51. The molecule has 3 aliphatic rings. The standard InChI is InChI=1S/C28H38N2O2/c1-27(2,3)29-13-11-17-15-19(7-9-21(17)29)23-25(31)24(26(23)32)20-8-10-22-18(16-20)12-14-30(22)28(4,5)6/h7-10,15-16,23-26,31-32H,11-14H2,1-6H3. The minimum Gasteiger partial charge on any atom is -0.392 e. The lowest BCUT2D eigenvalue weighted by atomic mass is 9.63. The van der Waals surface area contributed by atoms with Gasteiger partial charge in [-0.3, -0.25) is 0 Å². The molecule has 0 radical (unpaired) electrons. The maximum absolute atomic E-state index is 11.1. The molecule has 4 heteroatoms. The van der Waals surface area contributed by atoms with Gasteiger partial charge in [0.2, 0.25) is 0 Å². The van der Waals surface area contributed by atoms with Crippen molar-refractivity contribution in [3.05, 3.63) is 58.7 Å². The molecule has 4 nitrogen and oxygen atoms in total. The summed E-state index contributed by atoms with van der Waals surface area (Å²) in [5, 5.41) is 22.2. The molecule has 2 N–H and O–H groups in total. The normalized spacial score (nSPS) is 27.4. The van der Waals surface area contributed by atoms with Crippen LogP contribution in [0.5, 0.6) is 0 Å². The van der Waals surface area contributed by atoms with Crippen molar-refractivity contribution in [1.29, 1.82) is 0 Å². The predicted octanol–water partition coefficient (Wildman–Crippen LogP) is 4.61. The Morgan fingerprint density at radius 1 is 0.656 bits per heavy atom. The molecule has 0 saturated heterocycles. The Labute approximate surface area is 192 Å². The van der Waals surface area contributed by atoms with E-state index in [0.717, 1.165) is 37.1 Å². The smallest absolute Gasteiger partial charge is 0.0727 e. The Balaban J connectivity index is 1.36. The first-order chi connectivity index (χ1) is 15.0. The molecule has 2 aromatic carbocycles. The van der Waals surface area contributed by atoms with E-state index < -0.39 is 12.2 Å². The zero-order valence-electron chi connectivity index (χ0n) is 20.4. The van der Waals surface area contributed by atoms with Crippen LogP contribution in [0.1, 0.15) is 75.6 Å². The second kappa shape index (κ2) is 7.23. The topological polar surface area (TPSA) is 46.9 Å². The van der Waals surface area contributed by atoms with Gasteiger partial charge in [0.05, 0.1) is 12.2 Å². The Bertz CT molecular complexity index is 941. The summed E-state index contributed by atoms with van der Waals surface area (Å²) in [5.74, 6) is -0.429. The fourth-order valence-electron chi connectivity index (χ4n) is 6.15. The monoisotopic (exact) mass is 434 g/mol. The van der Waals surface area contributed by atoms with E-state index in [-0.39, 0.29) is 22.9 Å². The first kappa shape index (κ1) is 21.8. The number of benzene rings is 2. The van der Waals surface area contributed by atoms with Gasteiger partial charge < -0.3 is 20.0 Å². The van der Waals surface area contributed by atoms with Gasteiger partial charge in [0.15, 0.2) is 0 Å². The number of fused-ring (bicyclic) bond motifs is 2. The van der Waals surface area contributed by atoms with E-state index >= 15 is 0 Å². The van der Waals surface area contributed by atoms with E-state index in [9.17, 15) is 10.2 Å². The molecule has 2 aromatic rings. The van der Waals surface area contributed by atoms with Gasteiger partial charge in [-0.25, -0.2) is 0 Å². The van der Waals surface area contributed by atoms with E-state index in [0.29, 0.717) is 0 Å². The maximum Gasteiger partial charge on any atom is 0.0727 e. The summed E-state index contributed by atoms with van der Waals surface area (Å²) in [4.78, 5) is 4.90. The van der Waals surface area contributed by atoms with Crippen LogP contribution < -0.4 is 9.80 Å². The number of hydrogen-bond acceptors (Lipinski definition) is 4. The Morgan fingerprint density at radius 3 is 1.38 bits per heavy atom. The first-order valence-corrected chi connectivity index (χ1v) is 12.1. The van der Waals surface area contributed by atoms with Crippen molar-refractivity contribution in [3.63, 3.8) is 0 Å². The van der Waals surface area contributed by atoms with Crippen molar-refractivity contribution in [1.82, 2.24) is 0 Å². The number of nitrogens with zero attached hydrogens (tertiary/aromatic N) is 2. The van der Waals surface area contributed by atoms with Gasteiger partial charge >= 0.3 is 0 Å². The van der Waals surface area contributed by atoms with E-state index in [1.165, 1.54) is 22.5 Å². The molecule has 0 spiro atoms. The molecule has 0 bridgehead atoms. The lowest BCUT2D eigenvalue weighted by Gasteiger charge is -2.47. The molecular formula is C28H38N2O2. The molecular weight excluding hydrogens is 396 g/mol. The molecule has 172 valence electrons. The van der Waals surface area contributed by atoms with Crippen molar-refractivity contribution >= 4 is 11.4 Å². The fraction of sp³-hybridized carbons (Fsp3) is 0.571. The Hall–Kier alpha value is -2.04. The van der Waals surface area contributed by atoms with E-state index in [4.69, 9.17) is 0 Å². The summed E-state index contributed by atoms with van der Waals surface area (Å²) in [6.07, 6.45) is 0.943. The van der Waals surface area contributed by atoms with Crippen molar-refractivity contribution < 1.29 is 10.2 Å². The number of rotatable bonds is 2. The highest BCUT2D eigenvalue weighted by molar-refractivity contribution is 5.63. The molecule has 1 fully saturated rings. The average Bonchev–Trinajstić information content (AvgIpc) is 3.31. The number of anilines is 2. The summed E-state index contributed by atoms with van der Waals surface area (Å²) in [6, 6.07) is 13.0. The van der Waals surface area contributed by atoms with Gasteiger partial charge in [-0.05, 0) is 88.8 Å². The van der Waals surface area contributed by atoms with Crippen LogP contribution in [0.25, 0.3) is 0 Å². The van der Waals surface area contributed by atoms with Gasteiger partial charge in [0, 0.05) is 47.4 Å². The zero-order valence-corrected chi connectivity index (χ0v) is 20.4. The molecule has 0 unspecified atom stereocenters. The van der Waals surface area contributed by atoms with Crippen molar-refractivity contribution in [2.75, 3.05) is 22.9 Å². The minimum absolute atomic E-state index is 0.101. The predicted molar refractivity (Wildman–Crippen MR) is 132 cm³/mol. The summed E-state index contributed by atoms with van der Waals surface area (Å²) >= 11 is 0. The van der Waals surface area contributed by atoms with Crippen LogP contribution in [0.2, 0.25) is 0 Å². The van der Waals surface area contributed by atoms with Crippen LogP contribution in [0, 0.1) is 0 Å². The fourth-order valence-corrected chi connectivity index (χ4v) is 6.15. The second-order valence-corrected chi connectivity index (χ2v) is 12.0. The average molecular weight is 435 g/mol. The van der Waals surface area contributed by atoms with Crippen molar-refractivity contribution in [2.45, 2.75) is 89.5 Å². The van der Waals surface area contributed by atoms with Gasteiger partial charge in [0.25, 0.3) is 0 Å². The third-order valence-electron chi connectivity index (χ3n) is 7.86. The van der Waals surface area contributed by atoms with Crippen LogP contribution in [0.3, 0.4) is 0 Å². The van der Waals surface area contributed by atoms with Gasteiger partial charge in [-0.1, -0.05) is 24.3 Å².